The lowest BCUT2D eigenvalue weighted by Gasteiger charge is -2.12. The van der Waals surface area contributed by atoms with E-state index >= 15 is 0 Å². The highest BCUT2D eigenvalue weighted by atomic mass is 32.2. The monoisotopic (exact) mass is 409 g/mol. The third-order valence-corrected chi connectivity index (χ3v) is 5.26. The van der Waals surface area contributed by atoms with Gasteiger partial charge in [0.25, 0.3) is 5.91 Å². The van der Waals surface area contributed by atoms with Gasteiger partial charge in [0.2, 0.25) is 9.84 Å². The third kappa shape index (κ3) is 5.32. The number of benzene rings is 2. The van der Waals surface area contributed by atoms with Gasteiger partial charge in [-0.3, -0.25) is 4.79 Å². The molecule has 2 rings (SSSR count). The summed E-state index contributed by atoms with van der Waals surface area (Å²) >= 11 is 0. The Morgan fingerprint density at radius 2 is 1.57 bits per heavy atom. The SMILES string of the molecule is C=C(C)C(=O)N/C(=C\S(=O)(=O)c1ccc(C)cc1)c1ccc(C(F)(F)F)cc1. The molecule has 1 N–H and O–H groups in total. The topological polar surface area (TPSA) is 63.2 Å². The lowest BCUT2D eigenvalue weighted by molar-refractivity contribution is -0.137. The number of sulfone groups is 1. The summed E-state index contributed by atoms with van der Waals surface area (Å²) in [5.74, 6) is -0.648. The maximum absolute atomic E-state index is 12.8. The summed E-state index contributed by atoms with van der Waals surface area (Å²) < 4.78 is 63.7. The van der Waals surface area contributed by atoms with Crippen molar-refractivity contribution in [1.29, 1.82) is 0 Å². The molecule has 0 aliphatic rings. The molecule has 0 saturated carbocycles. The van der Waals surface area contributed by atoms with Crippen LogP contribution in [-0.2, 0) is 20.8 Å². The van der Waals surface area contributed by atoms with Crippen LogP contribution in [0.25, 0.3) is 5.70 Å². The summed E-state index contributed by atoms with van der Waals surface area (Å²) in [6, 6.07) is 9.87. The van der Waals surface area contributed by atoms with E-state index in [0.29, 0.717) is 0 Å². The summed E-state index contributed by atoms with van der Waals surface area (Å²) in [4.78, 5) is 12.0. The zero-order valence-electron chi connectivity index (χ0n) is 15.2. The summed E-state index contributed by atoms with van der Waals surface area (Å²) in [6.07, 6.45) is -4.53. The number of amides is 1. The van der Waals surface area contributed by atoms with Crippen LogP contribution in [0.5, 0.6) is 0 Å². The van der Waals surface area contributed by atoms with Crippen molar-refractivity contribution >= 4 is 21.4 Å². The average Bonchev–Trinajstić information content (AvgIpc) is 2.60. The molecule has 0 aliphatic carbocycles. The van der Waals surface area contributed by atoms with E-state index in [9.17, 15) is 26.4 Å². The number of carbonyl (C=O) groups is 1. The normalized spacial score (nSPS) is 12.5. The zero-order chi connectivity index (χ0) is 21.1. The molecule has 148 valence electrons. The van der Waals surface area contributed by atoms with Gasteiger partial charge in [0, 0.05) is 5.57 Å². The van der Waals surface area contributed by atoms with Gasteiger partial charge < -0.3 is 5.32 Å². The molecule has 0 bridgehead atoms. The Morgan fingerprint density at radius 3 is 2.04 bits per heavy atom. The molecule has 0 aromatic heterocycles. The number of halogens is 3. The van der Waals surface area contributed by atoms with Crippen LogP contribution in [0.15, 0.2) is 71.0 Å². The Labute approximate surface area is 161 Å². The van der Waals surface area contributed by atoms with Crippen molar-refractivity contribution in [2.45, 2.75) is 24.9 Å². The smallest absolute Gasteiger partial charge is 0.321 e. The maximum Gasteiger partial charge on any atom is 0.416 e. The largest absolute Gasteiger partial charge is 0.416 e. The highest BCUT2D eigenvalue weighted by Gasteiger charge is 2.30. The van der Waals surface area contributed by atoms with Crippen LogP contribution >= 0.6 is 0 Å². The van der Waals surface area contributed by atoms with Crippen LogP contribution < -0.4 is 5.32 Å². The van der Waals surface area contributed by atoms with Crippen LogP contribution in [0, 0.1) is 6.92 Å². The molecule has 0 heterocycles. The van der Waals surface area contributed by atoms with E-state index in [1.165, 1.54) is 19.1 Å². The first-order valence-electron chi connectivity index (χ1n) is 8.08. The molecule has 4 nitrogen and oxygen atoms in total. The fourth-order valence-electron chi connectivity index (χ4n) is 2.19. The molecule has 0 saturated heterocycles. The Morgan fingerprint density at radius 1 is 1.04 bits per heavy atom. The molecule has 0 atom stereocenters. The lowest BCUT2D eigenvalue weighted by Crippen LogP contribution is -2.23. The van der Waals surface area contributed by atoms with E-state index in [1.807, 2.05) is 0 Å². The van der Waals surface area contributed by atoms with Gasteiger partial charge in [0.1, 0.15) is 0 Å². The van der Waals surface area contributed by atoms with Crippen molar-refractivity contribution in [1.82, 2.24) is 5.32 Å². The fraction of sp³-hybridized carbons (Fsp3) is 0.150. The first-order valence-corrected chi connectivity index (χ1v) is 9.63. The van der Waals surface area contributed by atoms with Crippen LogP contribution in [0.1, 0.15) is 23.6 Å². The van der Waals surface area contributed by atoms with E-state index in [2.05, 4.69) is 11.9 Å². The van der Waals surface area contributed by atoms with Crippen molar-refractivity contribution in [2.24, 2.45) is 0 Å². The number of rotatable bonds is 5. The molecule has 2 aromatic carbocycles. The van der Waals surface area contributed by atoms with Crippen LogP contribution in [0.2, 0.25) is 0 Å². The van der Waals surface area contributed by atoms with Gasteiger partial charge in [-0.2, -0.15) is 13.2 Å². The first-order chi connectivity index (χ1) is 12.9. The summed E-state index contributed by atoms with van der Waals surface area (Å²) in [6.45, 7) is 6.70. The van der Waals surface area contributed by atoms with Crippen LogP contribution in [0.4, 0.5) is 13.2 Å². The maximum atomic E-state index is 12.8. The second-order valence-electron chi connectivity index (χ2n) is 6.20. The standard InChI is InChI=1S/C20H18F3NO3S/c1-13(2)19(25)24-18(15-6-8-16(9-7-15)20(21,22)23)12-28(26,27)17-10-4-14(3)5-11-17/h4-12H,1H2,2-3H3,(H,24,25)/b18-12-. The number of alkyl halides is 3. The van der Waals surface area contributed by atoms with Gasteiger partial charge in [0.05, 0.1) is 21.6 Å². The van der Waals surface area contributed by atoms with Gasteiger partial charge in [-0.05, 0) is 43.7 Å². The van der Waals surface area contributed by atoms with Gasteiger partial charge >= 0.3 is 6.18 Å². The molecule has 0 spiro atoms. The number of nitrogens with one attached hydrogen (secondary N) is 1. The molecular weight excluding hydrogens is 391 g/mol. The Balaban J connectivity index is 2.52. The van der Waals surface area contributed by atoms with Crippen molar-refractivity contribution in [3.05, 3.63) is 82.8 Å². The molecular formula is C20H18F3NO3S. The van der Waals surface area contributed by atoms with E-state index in [0.717, 1.165) is 35.2 Å². The van der Waals surface area contributed by atoms with Crippen molar-refractivity contribution in [2.75, 3.05) is 0 Å². The average molecular weight is 409 g/mol. The molecule has 28 heavy (non-hydrogen) atoms. The minimum absolute atomic E-state index is 0.00733. The number of carbonyl (C=O) groups excluding carboxylic acids is 1. The lowest BCUT2D eigenvalue weighted by atomic mass is 10.1. The van der Waals surface area contributed by atoms with Crippen LogP contribution in [0.3, 0.4) is 0 Å². The fourth-order valence-corrected chi connectivity index (χ4v) is 3.35. The molecule has 0 radical (unpaired) electrons. The Kier molecular flexibility index (Phi) is 6.14. The van der Waals surface area contributed by atoms with Gasteiger partial charge in [0.15, 0.2) is 0 Å². The van der Waals surface area contributed by atoms with Crippen LogP contribution in [-0.4, -0.2) is 14.3 Å². The van der Waals surface area contributed by atoms with Gasteiger partial charge in [-0.25, -0.2) is 8.42 Å². The molecule has 0 aliphatic heterocycles. The Bertz CT molecular complexity index is 1020. The zero-order valence-corrected chi connectivity index (χ0v) is 16.0. The first kappa shape index (κ1) is 21.4. The highest BCUT2D eigenvalue weighted by molar-refractivity contribution is 7.94. The summed E-state index contributed by atoms with van der Waals surface area (Å²) in [5.41, 5.74) is 0.0517. The summed E-state index contributed by atoms with van der Waals surface area (Å²) in [7, 11) is -3.96. The van der Waals surface area contributed by atoms with E-state index < -0.39 is 27.5 Å². The second-order valence-corrected chi connectivity index (χ2v) is 8.00. The van der Waals surface area contributed by atoms with E-state index in [-0.39, 0.29) is 21.7 Å². The predicted octanol–water partition coefficient (Wildman–Crippen LogP) is 4.48. The third-order valence-electron chi connectivity index (χ3n) is 3.78. The van der Waals surface area contributed by atoms with Gasteiger partial charge in [-0.1, -0.05) is 36.4 Å². The van der Waals surface area contributed by atoms with Crippen molar-refractivity contribution in [3.63, 3.8) is 0 Å². The summed E-state index contributed by atoms with van der Waals surface area (Å²) in [5, 5.41) is 3.21. The molecule has 1 amide bonds. The minimum atomic E-state index is -4.53. The van der Waals surface area contributed by atoms with Crippen molar-refractivity contribution in [3.8, 4) is 0 Å². The molecule has 0 fully saturated rings. The number of hydrogen-bond donors (Lipinski definition) is 1. The predicted molar refractivity (Wildman–Crippen MR) is 101 cm³/mol. The minimum Gasteiger partial charge on any atom is -0.321 e. The van der Waals surface area contributed by atoms with E-state index in [1.54, 1.807) is 19.1 Å². The molecule has 2 aromatic rings. The van der Waals surface area contributed by atoms with E-state index in [4.69, 9.17) is 0 Å². The number of aryl methyl sites for hydroxylation is 1. The quantitative estimate of drug-likeness (QED) is 0.741. The van der Waals surface area contributed by atoms with Crippen molar-refractivity contribution < 1.29 is 26.4 Å². The molecule has 0 unspecified atom stereocenters. The number of hydrogen-bond acceptors (Lipinski definition) is 3. The highest BCUT2D eigenvalue weighted by Crippen LogP contribution is 2.30. The second kappa shape index (κ2) is 8.02. The Hall–Kier alpha value is -2.87. The molecule has 8 heteroatoms. The van der Waals surface area contributed by atoms with Gasteiger partial charge in [-0.15, -0.1) is 0 Å².